The molecule has 3 heterocycles. The molecule has 0 N–H and O–H groups in total. The summed E-state index contributed by atoms with van der Waals surface area (Å²) >= 11 is 9.17. The lowest BCUT2D eigenvalue weighted by molar-refractivity contribution is -0.123. The summed E-state index contributed by atoms with van der Waals surface area (Å²) in [4.78, 5) is 43.7. The summed E-state index contributed by atoms with van der Waals surface area (Å²) in [6, 6.07) is 27.1. The Labute approximate surface area is 238 Å². The van der Waals surface area contributed by atoms with Crippen molar-refractivity contribution in [2.45, 2.75) is 22.6 Å². The number of hydrogen-bond acceptors (Lipinski definition) is 5. The van der Waals surface area contributed by atoms with Crippen LogP contribution in [0, 0.1) is 29.6 Å². The number of imide groups is 1. The molecule has 2 aliphatic heterocycles. The number of carbonyl (C=O) groups excluding carboxylic acids is 2. The van der Waals surface area contributed by atoms with Crippen LogP contribution in [0.4, 0.5) is 5.69 Å². The number of benzene rings is 3. The van der Waals surface area contributed by atoms with Gasteiger partial charge in [-0.3, -0.25) is 23.9 Å². The lowest BCUT2D eigenvalue weighted by Gasteiger charge is -2.43. The fourth-order valence-corrected chi connectivity index (χ4v) is 11.0. The van der Waals surface area contributed by atoms with Gasteiger partial charge in [-0.15, -0.1) is 11.8 Å². The Morgan fingerprint density at radius 3 is 2.08 bits per heavy atom. The zero-order valence-corrected chi connectivity index (χ0v) is 23.0. The number of rotatable bonds is 3. The van der Waals surface area contributed by atoms with Crippen LogP contribution in [0.25, 0.3) is 5.69 Å². The van der Waals surface area contributed by atoms with Crippen molar-refractivity contribution in [3.63, 3.8) is 0 Å². The van der Waals surface area contributed by atoms with Gasteiger partial charge in [0.1, 0.15) is 0 Å². The highest BCUT2D eigenvalue weighted by atomic mass is 35.5. The van der Waals surface area contributed by atoms with Gasteiger partial charge >= 0.3 is 4.87 Å². The summed E-state index contributed by atoms with van der Waals surface area (Å²) in [6.07, 6.45) is 0.872. The van der Waals surface area contributed by atoms with Crippen LogP contribution in [0.5, 0.6) is 0 Å². The van der Waals surface area contributed by atoms with Crippen molar-refractivity contribution < 1.29 is 9.59 Å². The molecule has 0 radical (unpaired) electrons. The molecule has 0 spiro atoms. The SMILES string of the molecule is O=C1[C@@H]2[C@H]3C[C@@H]([C@@H]2C(=O)N1c1ccc(Cl)cc1)[C@@H]1[C@@H](c2ccccc2)c2sc(=O)n(-c4ccccc4)c2S[C@H]31. The topological polar surface area (TPSA) is 59.4 Å². The molecule has 2 aliphatic carbocycles. The zero-order valence-electron chi connectivity index (χ0n) is 20.6. The highest BCUT2D eigenvalue weighted by Crippen LogP contribution is 2.69. The fourth-order valence-electron chi connectivity index (χ4n) is 7.75. The quantitative estimate of drug-likeness (QED) is 0.274. The van der Waals surface area contributed by atoms with E-state index in [1.807, 2.05) is 53.1 Å². The Hall–Kier alpha value is -3.13. The summed E-state index contributed by atoms with van der Waals surface area (Å²) in [5, 5.41) is 1.71. The van der Waals surface area contributed by atoms with Crippen LogP contribution in [0.1, 0.15) is 22.8 Å². The van der Waals surface area contributed by atoms with Gasteiger partial charge in [0.05, 0.1) is 28.2 Å². The Morgan fingerprint density at radius 2 is 1.38 bits per heavy atom. The molecule has 39 heavy (non-hydrogen) atoms. The van der Waals surface area contributed by atoms with E-state index in [1.54, 1.807) is 36.0 Å². The minimum Gasteiger partial charge on any atom is -0.274 e. The third-order valence-electron chi connectivity index (χ3n) is 9.13. The molecule has 194 valence electrons. The third-order valence-corrected chi connectivity index (χ3v) is 12.1. The van der Waals surface area contributed by atoms with E-state index in [4.69, 9.17) is 11.6 Å². The number of thioether (sulfide) groups is 1. The van der Waals surface area contributed by atoms with Crippen molar-refractivity contribution in [3.8, 4) is 5.69 Å². The average molecular weight is 571 g/mol. The first-order valence-electron chi connectivity index (χ1n) is 13.2. The summed E-state index contributed by atoms with van der Waals surface area (Å²) < 4.78 is 1.85. The number of hydrogen-bond donors (Lipinski definition) is 0. The molecule has 2 bridgehead atoms. The lowest BCUT2D eigenvalue weighted by Crippen LogP contribution is -2.43. The largest absolute Gasteiger partial charge is 0.312 e. The molecule has 2 amide bonds. The van der Waals surface area contributed by atoms with E-state index in [9.17, 15) is 14.4 Å². The van der Waals surface area contributed by atoms with Crippen LogP contribution in [-0.2, 0) is 9.59 Å². The maximum Gasteiger partial charge on any atom is 0.312 e. The molecule has 7 atom stereocenters. The monoisotopic (exact) mass is 570 g/mol. The van der Waals surface area contributed by atoms with Crippen molar-refractivity contribution in [1.29, 1.82) is 0 Å². The minimum atomic E-state index is -0.319. The van der Waals surface area contributed by atoms with Crippen LogP contribution >= 0.6 is 34.7 Å². The number of anilines is 1. The number of fused-ring (bicyclic) bond motifs is 9. The third kappa shape index (κ3) is 3.30. The van der Waals surface area contributed by atoms with Crippen molar-refractivity contribution >= 4 is 52.2 Å². The van der Waals surface area contributed by atoms with E-state index >= 15 is 0 Å². The summed E-state index contributed by atoms with van der Waals surface area (Å²) in [6.45, 7) is 0. The van der Waals surface area contributed by atoms with Crippen molar-refractivity contribution in [1.82, 2.24) is 4.57 Å². The first kappa shape index (κ1) is 23.7. The molecule has 5 nitrogen and oxygen atoms in total. The Kier molecular flexibility index (Phi) is 5.28. The van der Waals surface area contributed by atoms with Crippen LogP contribution in [0.3, 0.4) is 0 Å². The van der Waals surface area contributed by atoms with Gasteiger partial charge in [0.15, 0.2) is 0 Å². The van der Waals surface area contributed by atoms with Gasteiger partial charge < -0.3 is 0 Å². The van der Waals surface area contributed by atoms with E-state index in [1.165, 1.54) is 21.8 Å². The predicted molar refractivity (Wildman–Crippen MR) is 154 cm³/mol. The predicted octanol–water partition coefficient (Wildman–Crippen LogP) is 6.23. The van der Waals surface area contributed by atoms with Gasteiger partial charge in [-0.1, -0.05) is 71.5 Å². The standard InChI is InChI=1S/C31H23ClN2O3S2/c32-17-11-13-19(14-12-17)33-28(35)24-20-15-21(25(24)29(33)36)26-23(20)22(16-7-3-1-4-8-16)27-30(38-26)34(31(37)39-27)18-9-5-2-6-10-18/h1-14,20-26H,15H2/t20-,21-,22-,23-,24+,25-,26-/m1/s1. The number of aromatic nitrogens is 1. The zero-order chi connectivity index (χ0) is 26.4. The molecule has 3 fully saturated rings. The number of nitrogens with zero attached hydrogens (tertiary/aromatic N) is 2. The number of halogens is 1. The van der Waals surface area contributed by atoms with Crippen LogP contribution < -0.4 is 9.77 Å². The van der Waals surface area contributed by atoms with Gasteiger partial charge in [0, 0.05) is 21.1 Å². The number of thiazole rings is 1. The highest BCUT2D eigenvalue weighted by molar-refractivity contribution is 8.00. The van der Waals surface area contributed by atoms with Crippen LogP contribution in [-0.4, -0.2) is 21.6 Å². The number of amides is 2. The van der Waals surface area contributed by atoms with Gasteiger partial charge in [-0.25, -0.2) is 0 Å². The van der Waals surface area contributed by atoms with E-state index < -0.39 is 0 Å². The average Bonchev–Trinajstić information content (AvgIpc) is 3.68. The lowest BCUT2D eigenvalue weighted by atomic mass is 9.68. The van der Waals surface area contributed by atoms with E-state index in [0.29, 0.717) is 10.7 Å². The number of carbonyl (C=O) groups is 2. The van der Waals surface area contributed by atoms with Crippen molar-refractivity contribution in [2.24, 2.45) is 29.6 Å². The molecule has 4 aliphatic rings. The second-order valence-electron chi connectivity index (χ2n) is 10.9. The van der Waals surface area contributed by atoms with Gasteiger partial charge in [-0.05, 0) is 66.1 Å². The van der Waals surface area contributed by atoms with Gasteiger partial charge in [-0.2, -0.15) is 0 Å². The first-order chi connectivity index (χ1) is 19.0. The molecule has 3 aromatic carbocycles. The summed E-state index contributed by atoms with van der Waals surface area (Å²) in [5.74, 6) is -0.447. The molecule has 1 aromatic heterocycles. The van der Waals surface area contributed by atoms with Crippen LogP contribution in [0.15, 0.2) is 94.7 Å². The second kappa shape index (κ2) is 8.68. The summed E-state index contributed by atoms with van der Waals surface area (Å²) in [7, 11) is 0. The van der Waals surface area contributed by atoms with Crippen LogP contribution in [0.2, 0.25) is 5.02 Å². The first-order valence-corrected chi connectivity index (χ1v) is 15.3. The fraction of sp³-hybridized carbons (Fsp3) is 0.258. The van der Waals surface area contributed by atoms with Gasteiger partial charge in [0.2, 0.25) is 11.8 Å². The smallest absolute Gasteiger partial charge is 0.274 e. The normalized spacial score (nSPS) is 30.4. The molecule has 8 rings (SSSR count). The maximum absolute atomic E-state index is 13.9. The van der Waals surface area contributed by atoms with Crippen molar-refractivity contribution in [3.05, 3.63) is 110 Å². The van der Waals surface area contributed by atoms with E-state index in [2.05, 4.69) is 12.1 Å². The minimum absolute atomic E-state index is 0.00760. The van der Waals surface area contributed by atoms with Gasteiger partial charge in [0.25, 0.3) is 0 Å². The van der Waals surface area contributed by atoms with E-state index in [-0.39, 0.29) is 57.4 Å². The molecule has 4 aromatic rings. The Morgan fingerprint density at radius 1 is 0.744 bits per heavy atom. The molecular formula is C31H23ClN2O3S2. The Bertz CT molecular complexity index is 1680. The Balaban J connectivity index is 1.26. The number of para-hydroxylation sites is 1. The molecular weight excluding hydrogens is 548 g/mol. The molecule has 8 heteroatoms. The highest BCUT2D eigenvalue weighted by Gasteiger charge is 2.69. The molecule has 2 saturated carbocycles. The summed E-state index contributed by atoms with van der Waals surface area (Å²) in [5.41, 5.74) is 2.63. The second-order valence-corrected chi connectivity index (χ2v) is 13.5. The molecule has 1 saturated heterocycles. The molecule has 0 unspecified atom stereocenters. The maximum atomic E-state index is 13.9. The van der Waals surface area contributed by atoms with Crippen molar-refractivity contribution in [2.75, 3.05) is 4.90 Å². The van der Waals surface area contributed by atoms with E-state index in [0.717, 1.165) is 22.0 Å².